The molecule has 1 aromatic rings. The van der Waals surface area contributed by atoms with Crippen molar-refractivity contribution in [1.29, 1.82) is 0 Å². The maximum Gasteiger partial charge on any atom is 0.407 e. The average Bonchev–Trinajstić information content (AvgIpc) is 4.22. The Labute approximate surface area is 404 Å². The van der Waals surface area contributed by atoms with Crippen molar-refractivity contribution >= 4 is 18.3 Å². The minimum Gasteiger partial charge on any atom is -0.447 e. The van der Waals surface area contributed by atoms with Crippen LogP contribution in [0.5, 0.6) is 0 Å². The topological polar surface area (TPSA) is 215 Å². The van der Waals surface area contributed by atoms with Gasteiger partial charge in [0.25, 0.3) is 0 Å². The van der Waals surface area contributed by atoms with E-state index in [1.165, 1.54) is 13.7 Å². The molecule has 1 aromatic heterocycles. The lowest BCUT2D eigenvalue weighted by Crippen LogP contribution is -2.54. The molecule has 0 spiro atoms. The van der Waals surface area contributed by atoms with Gasteiger partial charge in [0.1, 0.15) is 18.8 Å². The first-order valence-electron chi connectivity index (χ1n) is 25.9. The molecular formula is C48H88N8O12. The summed E-state index contributed by atoms with van der Waals surface area (Å²) in [7, 11) is 0. The summed E-state index contributed by atoms with van der Waals surface area (Å²) in [5.41, 5.74) is -1.84. The van der Waals surface area contributed by atoms with E-state index in [0.717, 1.165) is 58.0 Å². The van der Waals surface area contributed by atoms with Gasteiger partial charge in [0, 0.05) is 97.4 Å². The number of amides is 3. The highest BCUT2D eigenvalue weighted by molar-refractivity contribution is 5.68. The minimum absolute atomic E-state index is 0.166. The zero-order valence-electron chi connectivity index (χ0n) is 42.3. The van der Waals surface area contributed by atoms with Gasteiger partial charge in [0.05, 0.1) is 19.8 Å². The highest BCUT2D eigenvalue weighted by Crippen LogP contribution is 2.18. The van der Waals surface area contributed by atoms with Gasteiger partial charge in [-0.15, -0.1) is 0 Å². The molecule has 3 N–H and O–H groups in total. The van der Waals surface area contributed by atoms with Crippen molar-refractivity contribution in [3.8, 4) is 0 Å². The number of hydrogen-bond donors (Lipinski definition) is 3. The number of ether oxygens (including phenoxy) is 6. The van der Waals surface area contributed by atoms with Gasteiger partial charge in [-0.05, 0) is 72.1 Å². The van der Waals surface area contributed by atoms with Gasteiger partial charge in [0.15, 0.2) is 0 Å². The maximum absolute atomic E-state index is 13.7. The molecule has 0 radical (unpaired) electrons. The van der Waals surface area contributed by atoms with Crippen molar-refractivity contribution in [2.45, 2.75) is 181 Å². The van der Waals surface area contributed by atoms with Crippen LogP contribution in [0.25, 0.3) is 0 Å². The van der Waals surface area contributed by atoms with E-state index in [1.807, 2.05) is 6.92 Å². The Bertz CT molecular complexity index is 1640. The van der Waals surface area contributed by atoms with Crippen LogP contribution in [0.3, 0.4) is 0 Å². The Hall–Kier alpha value is -3.98. The van der Waals surface area contributed by atoms with Gasteiger partial charge >= 0.3 is 35.3 Å². The number of hydrogen-bond acceptors (Lipinski definition) is 14. The van der Waals surface area contributed by atoms with Crippen LogP contribution in [0.2, 0.25) is 0 Å². The number of carbonyl (C=O) groups excluding carboxylic acids is 3. The lowest BCUT2D eigenvalue weighted by Gasteiger charge is -2.19. The van der Waals surface area contributed by atoms with Crippen LogP contribution in [0.1, 0.15) is 137 Å². The molecule has 392 valence electrons. The second kappa shape index (κ2) is 35.2. The first kappa shape index (κ1) is 58.3. The lowest BCUT2D eigenvalue weighted by molar-refractivity contribution is 0.0124. The fraction of sp³-hybridized carbons (Fsp3) is 0.875. The Kier molecular flexibility index (Phi) is 30.2. The molecule has 0 aromatic carbocycles. The van der Waals surface area contributed by atoms with E-state index in [1.54, 1.807) is 0 Å². The van der Waals surface area contributed by atoms with E-state index in [0.29, 0.717) is 142 Å². The predicted molar refractivity (Wildman–Crippen MR) is 261 cm³/mol. The summed E-state index contributed by atoms with van der Waals surface area (Å²) < 4.78 is 36.6. The van der Waals surface area contributed by atoms with Gasteiger partial charge in [-0.25, -0.2) is 42.5 Å². The van der Waals surface area contributed by atoms with Crippen LogP contribution in [0, 0.1) is 0 Å². The van der Waals surface area contributed by atoms with Gasteiger partial charge in [0.2, 0.25) is 0 Å². The van der Waals surface area contributed by atoms with Crippen LogP contribution in [-0.2, 0) is 48.1 Å². The summed E-state index contributed by atoms with van der Waals surface area (Å²) >= 11 is 0. The number of aromatic nitrogens is 3. The molecule has 2 aliphatic heterocycles. The highest BCUT2D eigenvalue weighted by Gasteiger charge is 2.33. The largest absolute Gasteiger partial charge is 0.447 e. The SMILES string of the molecule is CCCCOCC(CN1CC1C)OC(=O)NCCCCCCn1c(=O)n(CCCCCCNC(=O)OCCOCC)c(=O)n(CCCCCCNC(=O)OC(COCCCC)CN2CC2C)c1=O. The third-order valence-corrected chi connectivity index (χ3v) is 12.1. The van der Waals surface area contributed by atoms with Crippen LogP contribution in [-0.4, -0.2) is 158 Å². The minimum atomic E-state index is -0.612. The normalized spacial score (nSPS) is 18.1. The number of carbonyl (C=O) groups is 3. The number of rotatable bonds is 41. The van der Waals surface area contributed by atoms with E-state index in [9.17, 15) is 28.8 Å². The van der Waals surface area contributed by atoms with Crippen molar-refractivity contribution in [1.82, 2.24) is 39.5 Å². The molecule has 3 heterocycles. The van der Waals surface area contributed by atoms with Crippen molar-refractivity contribution in [3.63, 3.8) is 0 Å². The molecule has 3 rings (SSSR count). The smallest absolute Gasteiger partial charge is 0.407 e. The third kappa shape index (κ3) is 25.0. The quantitative estimate of drug-likeness (QED) is 0.0455. The Morgan fingerprint density at radius 3 is 1.22 bits per heavy atom. The van der Waals surface area contributed by atoms with Crippen LogP contribution < -0.4 is 33.0 Å². The molecule has 6 atom stereocenters. The molecule has 68 heavy (non-hydrogen) atoms. The maximum atomic E-state index is 13.7. The summed E-state index contributed by atoms with van der Waals surface area (Å²) in [4.78, 5) is 82.6. The summed E-state index contributed by atoms with van der Waals surface area (Å²) in [6.07, 6.45) is 10.0. The molecule has 3 amide bonds. The Morgan fingerprint density at radius 2 is 0.868 bits per heavy atom. The molecular weight excluding hydrogens is 881 g/mol. The number of unbranched alkanes of at least 4 members (excludes halogenated alkanes) is 11. The second-order valence-corrected chi connectivity index (χ2v) is 18.2. The molecule has 2 saturated heterocycles. The van der Waals surface area contributed by atoms with Gasteiger partial charge in [-0.3, -0.25) is 9.80 Å². The molecule has 2 aliphatic rings. The molecule has 0 bridgehead atoms. The van der Waals surface area contributed by atoms with Crippen LogP contribution in [0.4, 0.5) is 14.4 Å². The molecule has 2 fully saturated rings. The monoisotopic (exact) mass is 969 g/mol. The fourth-order valence-electron chi connectivity index (χ4n) is 7.63. The molecule has 0 aliphatic carbocycles. The number of nitrogens with zero attached hydrogens (tertiary/aromatic N) is 5. The number of nitrogens with one attached hydrogen (secondary N) is 3. The van der Waals surface area contributed by atoms with Crippen molar-refractivity contribution in [2.24, 2.45) is 0 Å². The standard InChI is InChI=1S/C48H88N8O12/c1-6-9-29-64-37-41(35-52-33-39(52)4)67-44(58)50-24-18-12-15-21-27-55-46(60)54(26-20-14-11-17-23-49-43(57)66-32-31-63-8-3)47(61)56(48(55)62)28-22-16-13-19-25-51-45(59)68-42(36-53-34-40(53)5)38-65-30-10-7-2/h39-42H,6-38H2,1-5H3,(H,49,57)(H,50,58)(H,51,59). The van der Waals surface area contributed by atoms with E-state index in [2.05, 4.69) is 53.4 Å². The highest BCUT2D eigenvalue weighted by atomic mass is 16.6. The molecule has 6 unspecified atom stereocenters. The van der Waals surface area contributed by atoms with Gasteiger partial charge in [-0.1, -0.05) is 65.2 Å². The van der Waals surface area contributed by atoms with E-state index < -0.39 is 35.3 Å². The first-order chi connectivity index (χ1) is 33.0. The first-order valence-corrected chi connectivity index (χ1v) is 25.9. The van der Waals surface area contributed by atoms with Crippen LogP contribution in [0.15, 0.2) is 14.4 Å². The molecule has 0 saturated carbocycles. The van der Waals surface area contributed by atoms with Crippen molar-refractivity contribution in [3.05, 3.63) is 31.5 Å². The molecule has 20 heteroatoms. The average molecular weight is 969 g/mol. The van der Waals surface area contributed by atoms with E-state index in [4.69, 9.17) is 28.4 Å². The summed E-state index contributed by atoms with van der Waals surface area (Å²) in [6, 6.07) is 0.984. The summed E-state index contributed by atoms with van der Waals surface area (Å²) in [5, 5.41) is 8.40. The predicted octanol–water partition coefficient (Wildman–Crippen LogP) is 4.85. The second-order valence-electron chi connectivity index (χ2n) is 18.2. The van der Waals surface area contributed by atoms with Gasteiger partial charge < -0.3 is 44.4 Å². The Morgan fingerprint density at radius 1 is 0.500 bits per heavy atom. The van der Waals surface area contributed by atoms with Gasteiger partial charge in [-0.2, -0.15) is 0 Å². The lowest BCUT2D eigenvalue weighted by atomic mass is 10.2. The van der Waals surface area contributed by atoms with Crippen LogP contribution >= 0.6 is 0 Å². The van der Waals surface area contributed by atoms with E-state index in [-0.39, 0.29) is 38.4 Å². The zero-order chi connectivity index (χ0) is 49.4. The fourth-order valence-corrected chi connectivity index (χ4v) is 7.63. The Balaban J connectivity index is 1.47. The van der Waals surface area contributed by atoms with Crippen molar-refractivity contribution in [2.75, 3.05) is 92.1 Å². The third-order valence-electron chi connectivity index (χ3n) is 12.1. The van der Waals surface area contributed by atoms with E-state index >= 15 is 0 Å². The summed E-state index contributed by atoms with van der Waals surface area (Å²) in [6.45, 7) is 18.5. The number of alkyl carbamates (subject to hydrolysis) is 3. The zero-order valence-corrected chi connectivity index (χ0v) is 42.3. The summed E-state index contributed by atoms with van der Waals surface area (Å²) in [5.74, 6) is 0. The molecule has 20 nitrogen and oxygen atoms in total. The van der Waals surface area contributed by atoms with Crippen molar-refractivity contribution < 1.29 is 42.8 Å².